The Morgan fingerprint density at radius 3 is 2.00 bits per heavy atom. The maximum atomic E-state index is 9.37. The van der Waals surface area contributed by atoms with E-state index in [9.17, 15) is 4.79 Å². The molecule has 6 heavy (non-hydrogen) atoms. The summed E-state index contributed by atoms with van der Waals surface area (Å²) >= 11 is 0. The first-order chi connectivity index (χ1) is 2.27. The quantitative estimate of drug-likeness (QED) is 0.475. The van der Waals surface area contributed by atoms with E-state index < -0.39 is 5.97 Å². The van der Waals surface area contributed by atoms with E-state index >= 15 is 0 Å². The van der Waals surface area contributed by atoms with Crippen LogP contribution in [0.4, 0.5) is 0 Å². The van der Waals surface area contributed by atoms with Crippen molar-refractivity contribution in [1.82, 2.24) is 0 Å². The number of hydrogen-bond acceptors (Lipinski definition) is 1. The minimum absolute atomic E-state index is 0. The third kappa shape index (κ3) is 8.89. The van der Waals surface area contributed by atoms with Gasteiger partial charge >= 0.3 is 5.97 Å². The van der Waals surface area contributed by atoms with E-state index in [1.807, 2.05) is 0 Å². The lowest BCUT2D eigenvalue weighted by Crippen LogP contribution is -3.00. The second-order valence-corrected chi connectivity index (χ2v) is 0.747. The predicted molar refractivity (Wildman–Crippen MR) is 17.9 cm³/mol. The van der Waals surface area contributed by atoms with Crippen molar-refractivity contribution in [1.29, 1.82) is 0 Å². The van der Waals surface area contributed by atoms with Crippen molar-refractivity contribution < 1.29 is 33.9 Å². The van der Waals surface area contributed by atoms with Gasteiger partial charge in [-0.1, -0.05) is 6.92 Å². The highest BCUT2D eigenvalue weighted by Gasteiger charge is 1.80. The molecule has 0 spiro atoms. The van der Waals surface area contributed by atoms with Crippen molar-refractivity contribution in [2.24, 2.45) is 0 Å². The fourth-order valence-electron chi connectivity index (χ4n) is 0. The Morgan fingerprint density at radius 2 is 2.00 bits per heavy atom. The van der Waals surface area contributed by atoms with Crippen LogP contribution < -0.4 is 24.0 Å². The van der Waals surface area contributed by atoms with Crippen molar-refractivity contribution in [3.8, 4) is 0 Å². The molecule has 2 nitrogen and oxygen atoms in total. The smallest absolute Gasteiger partial charge is 0.303 e. The van der Waals surface area contributed by atoms with Gasteiger partial charge in [-0.2, -0.15) is 0 Å². The number of carboxylic acids is 1. The lowest BCUT2D eigenvalue weighted by Gasteiger charge is -1.71. The van der Waals surface area contributed by atoms with Crippen LogP contribution in [0.5, 0.6) is 0 Å². The van der Waals surface area contributed by atoms with Gasteiger partial charge in [0.1, 0.15) is 0 Å². The molecule has 0 amide bonds. The van der Waals surface area contributed by atoms with Gasteiger partial charge in [-0.3, -0.25) is 4.79 Å². The Morgan fingerprint density at radius 1 is 1.83 bits per heavy atom. The monoisotopic (exact) mass is 201 g/mol. The zero-order valence-electron chi connectivity index (χ0n) is 3.44. The summed E-state index contributed by atoms with van der Waals surface area (Å²) in [5.74, 6) is -0.745. The van der Waals surface area contributed by atoms with Crippen LogP contribution in [0.3, 0.4) is 0 Å². The maximum absolute atomic E-state index is 9.37. The van der Waals surface area contributed by atoms with Crippen LogP contribution in [0.1, 0.15) is 13.3 Å². The number of carboxylic acid groups (broad SMARTS) is 1. The van der Waals surface area contributed by atoms with Gasteiger partial charge in [0.2, 0.25) is 0 Å². The third-order valence-corrected chi connectivity index (χ3v) is 0.302. The van der Waals surface area contributed by atoms with Gasteiger partial charge < -0.3 is 29.1 Å². The van der Waals surface area contributed by atoms with E-state index in [-0.39, 0.29) is 30.4 Å². The fraction of sp³-hybridized carbons (Fsp3) is 0.667. The summed E-state index contributed by atoms with van der Waals surface area (Å²) in [5.41, 5.74) is 0. The van der Waals surface area contributed by atoms with Crippen molar-refractivity contribution in [2.45, 2.75) is 13.3 Å². The second kappa shape index (κ2) is 5.20. The summed E-state index contributed by atoms with van der Waals surface area (Å²) in [5, 5.41) is 7.72. The second-order valence-electron chi connectivity index (χ2n) is 0.747. The van der Waals surface area contributed by atoms with E-state index in [0.717, 1.165) is 0 Å². The van der Waals surface area contributed by atoms with Gasteiger partial charge in [-0.15, -0.1) is 0 Å². The summed E-state index contributed by atoms with van der Waals surface area (Å²) in [6, 6.07) is 0. The van der Waals surface area contributed by atoms with Gasteiger partial charge in [0.25, 0.3) is 0 Å². The van der Waals surface area contributed by atoms with Crippen molar-refractivity contribution in [2.75, 3.05) is 0 Å². The Labute approximate surface area is 53.6 Å². The molecule has 0 aliphatic rings. The molecule has 0 rings (SSSR count). The number of aliphatic carboxylic acids is 1. The fourth-order valence-corrected chi connectivity index (χ4v) is 0. The topological polar surface area (TPSA) is 37.3 Å². The number of hydrogen-bond donors (Lipinski definition) is 1. The van der Waals surface area contributed by atoms with Crippen molar-refractivity contribution in [3.63, 3.8) is 0 Å². The highest BCUT2D eigenvalue weighted by Crippen LogP contribution is 1.67. The molecule has 0 unspecified atom stereocenters. The molecule has 3 heteroatoms. The van der Waals surface area contributed by atoms with E-state index in [4.69, 9.17) is 5.11 Å². The Bertz CT molecular complexity index is 44.1. The van der Waals surface area contributed by atoms with E-state index in [1.165, 1.54) is 0 Å². The first kappa shape index (κ1) is 9.50. The molecule has 0 bridgehead atoms. The molecule has 38 valence electrons. The first-order valence-corrected chi connectivity index (χ1v) is 1.49. The van der Waals surface area contributed by atoms with Crippen LogP contribution in [-0.4, -0.2) is 11.1 Å². The summed E-state index contributed by atoms with van der Waals surface area (Å²) in [6.45, 7) is 1.60. The molecule has 0 aromatic rings. The Kier molecular flexibility index (Phi) is 8.24. The molecule has 0 aromatic carbocycles. The molecule has 0 saturated heterocycles. The minimum atomic E-state index is -0.745. The standard InChI is InChI=1S/C3H6O2.HI/c1-2-3(4)5;/h2H2,1H3,(H,4,5);1H/p-1. The normalized spacial score (nSPS) is 6.17. The average molecular weight is 201 g/mol. The lowest BCUT2D eigenvalue weighted by molar-refractivity contribution is -0.136. The zero-order valence-corrected chi connectivity index (χ0v) is 5.60. The molecule has 0 fully saturated rings. The average Bonchev–Trinajstić information content (AvgIpc) is 1.38. The summed E-state index contributed by atoms with van der Waals surface area (Å²) in [6.07, 6.45) is 0.222. The first-order valence-electron chi connectivity index (χ1n) is 1.49. The van der Waals surface area contributed by atoms with E-state index in [2.05, 4.69) is 0 Å². The van der Waals surface area contributed by atoms with Crippen LogP contribution >= 0.6 is 0 Å². The molecule has 0 atom stereocenters. The van der Waals surface area contributed by atoms with E-state index in [1.54, 1.807) is 6.92 Å². The van der Waals surface area contributed by atoms with Crippen LogP contribution in [0.25, 0.3) is 0 Å². The van der Waals surface area contributed by atoms with Gasteiger partial charge in [0, 0.05) is 6.42 Å². The molecule has 0 aromatic heterocycles. The minimum Gasteiger partial charge on any atom is -1.00 e. The molecule has 0 aliphatic heterocycles. The molecular formula is C3H6IO2-. The summed E-state index contributed by atoms with van der Waals surface area (Å²) in [7, 11) is 0. The Balaban J connectivity index is 0. The van der Waals surface area contributed by atoms with Gasteiger partial charge in [-0.25, -0.2) is 0 Å². The van der Waals surface area contributed by atoms with Crippen LogP contribution in [-0.2, 0) is 4.79 Å². The predicted octanol–water partition coefficient (Wildman–Crippen LogP) is -2.51. The van der Waals surface area contributed by atoms with Gasteiger partial charge in [0.05, 0.1) is 0 Å². The third-order valence-electron chi connectivity index (χ3n) is 0.302. The molecule has 0 radical (unpaired) electrons. The highest BCUT2D eigenvalue weighted by atomic mass is 127. The molecular weight excluding hydrogens is 195 g/mol. The van der Waals surface area contributed by atoms with Gasteiger partial charge in [0.15, 0.2) is 0 Å². The number of rotatable bonds is 1. The van der Waals surface area contributed by atoms with Crippen molar-refractivity contribution >= 4 is 5.97 Å². The molecule has 0 heterocycles. The van der Waals surface area contributed by atoms with Crippen LogP contribution in [0.2, 0.25) is 0 Å². The Hall–Kier alpha value is 0.200. The molecule has 0 aliphatic carbocycles. The summed E-state index contributed by atoms with van der Waals surface area (Å²) < 4.78 is 0. The van der Waals surface area contributed by atoms with Crippen LogP contribution in [0, 0.1) is 0 Å². The molecule has 0 saturated carbocycles. The number of carbonyl (C=O) groups is 1. The lowest BCUT2D eigenvalue weighted by atomic mass is 10.5. The number of halogens is 1. The van der Waals surface area contributed by atoms with Crippen molar-refractivity contribution in [3.05, 3.63) is 0 Å². The largest absolute Gasteiger partial charge is 1.00 e. The molecule has 1 N–H and O–H groups in total. The maximum Gasteiger partial charge on any atom is 0.303 e. The summed E-state index contributed by atoms with van der Waals surface area (Å²) in [4.78, 5) is 9.37. The van der Waals surface area contributed by atoms with Gasteiger partial charge in [-0.05, 0) is 0 Å². The highest BCUT2D eigenvalue weighted by molar-refractivity contribution is 5.66. The SMILES string of the molecule is CCC(=O)O.[I-]. The zero-order chi connectivity index (χ0) is 4.28. The van der Waals surface area contributed by atoms with E-state index in [0.29, 0.717) is 0 Å². The van der Waals surface area contributed by atoms with Crippen LogP contribution in [0.15, 0.2) is 0 Å².